The van der Waals surface area contributed by atoms with E-state index in [-0.39, 0.29) is 11.5 Å². The molecule has 0 unspecified atom stereocenters. The Bertz CT molecular complexity index is 684. The van der Waals surface area contributed by atoms with Gasteiger partial charge in [0.2, 0.25) is 4.77 Å². The Kier molecular flexibility index (Phi) is 4.99. The van der Waals surface area contributed by atoms with Crippen molar-refractivity contribution < 1.29 is 18.3 Å². The molecular weight excluding hydrogens is 302 g/mol. The summed E-state index contributed by atoms with van der Waals surface area (Å²) in [6.45, 7) is -0.835. The molecule has 9 heteroatoms. The summed E-state index contributed by atoms with van der Waals surface area (Å²) in [5.74, 6) is 0.196. The van der Waals surface area contributed by atoms with E-state index >= 15 is 0 Å². The lowest BCUT2D eigenvalue weighted by atomic mass is 10.2. The Morgan fingerprint density at radius 2 is 2.29 bits per heavy atom. The van der Waals surface area contributed by atoms with Gasteiger partial charge in [-0.15, -0.1) is 0 Å². The number of hydrogen-bond donors (Lipinski definition) is 1. The lowest BCUT2D eigenvalue weighted by Gasteiger charge is -2.11. The molecule has 1 aromatic carbocycles. The van der Waals surface area contributed by atoms with Crippen molar-refractivity contribution >= 4 is 18.4 Å². The van der Waals surface area contributed by atoms with E-state index in [1.807, 2.05) is 0 Å². The number of rotatable bonds is 6. The Balaban J connectivity index is 2.25. The molecule has 1 aromatic heterocycles. The van der Waals surface area contributed by atoms with Gasteiger partial charge in [-0.1, -0.05) is 0 Å². The minimum absolute atomic E-state index is 0.0241. The van der Waals surface area contributed by atoms with Gasteiger partial charge in [-0.25, -0.2) is 0 Å². The maximum absolute atomic E-state index is 12.3. The van der Waals surface area contributed by atoms with Crippen LogP contribution in [0.25, 0.3) is 0 Å². The predicted octanol–water partition coefficient (Wildman–Crippen LogP) is 2.82. The molecule has 21 heavy (non-hydrogen) atoms. The number of H-pyrrole nitrogens is 1. The highest BCUT2D eigenvalue weighted by atomic mass is 32.1. The summed E-state index contributed by atoms with van der Waals surface area (Å²) in [6.07, 6.45) is 2.91. The van der Waals surface area contributed by atoms with Crippen LogP contribution in [0.2, 0.25) is 0 Å². The van der Waals surface area contributed by atoms with Crippen molar-refractivity contribution in [2.75, 3.05) is 6.61 Å². The smallest absolute Gasteiger partial charge is 0.387 e. The first-order chi connectivity index (χ1) is 10.1. The standard InChI is InChI=1S/C12H12F2N4O2S/c1-2-19-10-5-8(3-4-9(10)20-11(13)14)6-16-18-7-15-17-12(18)21/h3-7,11H,2H2,1H3,(H,17,21). The Labute approximate surface area is 124 Å². The molecule has 0 aliphatic heterocycles. The van der Waals surface area contributed by atoms with E-state index in [2.05, 4.69) is 20.0 Å². The highest BCUT2D eigenvalue weighted by Gasteiger charge is 2.11. The molecule has 112 valence electrons. The summed E-state index contributed by atoms with van der Waals surface area (Å²) in [4.78, 5) is 0. The molecule has 2 rings (SSSR count). The molecule has 2 aromatic rings. The average molecular weight is 314 g/mol. The van der Waals surface area contributed by atoms with E-state index < -0.39 is 6.61 Å². The van der Waals surface area contributed by atoms with Crippen LogP contribution in [0, 0.1) is 4.77 Å². The zero-order valence-corrected chi connectivity index (χ0v) is 11.8. The molecule has 1 N–H and O–H groups in total. The lowest BCUT2D eigenvalue weighted by molar-refractivity contribution is -0.0514. The molecule has 0 amide bonds. The van der Waals surface area contributed by atoms with Gasteiger partial charge in [0, 0.05) is 0 Å². The molecule has 0 bridgehead atoms. The molecule has 0 spiro atoms. The van der Waals surface area contributed by atoms with Crippen LogP contribution in [-0.2, 0) is 0 Å². The van der Waals surface area contributed by atoms with Crippen molar-refractivity contribution in [3.63, 3.8) is 0 Å². The van der Waals surface area contributed by atoms with E-state index in [0.29, 0.717) is 16.9 Å². The minimum Gasteiger partial charge on any atom is -0.490 e. The van der Waals surface area contributed by atoms with Crippen LogP contribution in [0.4, 0.5) is 8.78 Å². The summed E-state index contributed by atoms with van der Waals surface area (Å²) in [5.41, 5.74) is 0.642. The molecule has 0 radical (unpaired) electrons. The number of aromatic amines is 1. The topological polar surface area (TPSA) is 64.4 Å². The van der Waals surface area contributed by atoms with Crippen LogP contribution < -0.4 is 9.47 Å². The van der Waals surface area contributed by atoms with Crippen molar-refractivity contribution in [1.29, 1.82) is 0 Å². The van der Waals surface area contributed by atoms with Crippen LogP contribution in [-0.4, -0.2) is 34.3 Å². The fourth-order valence-electron chi connectivity index (χ4n) is 1.52. The van der Waals surface area contributed by atoms with Crippen molar-refractivity contribution in [3.05, 3.63) is 34.9 Å². The summed E-state index contributed by atoms with van der Waals surface area (Å²) in [5, 5.41) is 10.4. The van der Waals surface area contributed by atoms with Crippen LogP contribution in [0.5, 0.6) is 11.5 Å². The number of alkyl halides is 2. The van der Waals surface area contributed by atoms with Gasteiger partial charge < -0.3 is 9.47 Å². The Hall–Kier alpha value is -2.29. The van der Waals surface area contributed by atoms with Crippen LogP contribution >= 0.6 is 12.2 Å². The normalized spacial score (nSPS) is 11.2. The second-order valence-electron chi connectivity index (χ2n) is 3.77. The number of hydrogen-bond acceptors (Lipinski definition) is 5. The molecule has 1 heterocycles. The summed E-state index contributed by atoms with van der Waals surface area (Å²) < 4.78 is 35.9. The van der Waals surface area contributed by atoms with Gasteiger partial charge in [0.05, 0.1) is 12.8 Å². The number of ether oxygens (including phenoxy) is 2. The molecule has 0 aliphatic carbocycles. The SMILES string of the molecule is CCOc1cc(C=Nn2cn[nH]c2=S)ccc1OC(F)F. The predicted molar refractivity (Wildman–Crippen MR) is 74.6 cm³/mol. The second kappa shape index (κ2) is 6.93. The van der Waals surface area contributed by atoms with E-state index in [1.54, 1.807) is 19.1 Å². The Morgan fingerprint density at radius 3 is 2.90 bits per heavy atom. The van der Waals surface area contributed by atoms with Gasteiger partial charge in [0.1, 0.15) is 6.33 Å². The van der Waals surface area contributed by atoms with E-state index in [4.69, 9.17) is 17.0 Å². The third-order valence-electron chi connectivity index (χ3n) is 2.35. The maximum atomic E-state index is 12.3. The first-order valence-corrected chi connectivity index (χ1v) is 6.39. The van der Waals surface area contributed by atoms with Crippen molar-refractivity contribution in [2.45, 2.75) is 13.5 Å². The third kappa shape index (κ3) is 4.09. The van der Waals surface area contributed by atoms with Crippen molar-refractivity contribution in [3.8, 4) is 11.5 Å². The monoisotopic (exact) mass is 314 g/mol. The number of nitrogens with zero attached hydrogens (tertiary/aromatic N) is 3. The molecule has 0 fully saturated rings. The highest BCUT2D eigenvalue weighted by Crippen LogP contribution is 2.29. The highest BCUT2D eigenvalue weighted by molar-refractivity contribution is 7.71. The largest absolute Gasteiger partial charge is 0.490 e. The van der Waals surface area contributed by atoms with Gasteiger partial charge in [0.15, 0.2) is 11.5 Å². The second-order valence-corrected chi connectivity index (χ2v) is 4.16. The van der Waals surface area contributed by atoms with Crippen LogP contribution in [0.15, 0.2) is 29.6 Å². The fourth-order valence-corrected chi connectivity index (χ4v) is 1.67. The van der Waals surface area contributed by atoms with Crippen molar-refractivity contribution in [2.24, 2.45) is 5.10 Å². The third-order valence-corrected chi connectivity index (χ3v) is 2.63. The zero-order chi connectivity index (χ0) is 15.2. The van der Waals surface area contributed by atoms with Gasteiger partial charge >= 0.3 is 6.61 Å². The Morgan fingerprint density at radius 1 is 1.48 bits per heavy atom. The average Bonchev–Trinajstić information content (AvgIpc) is 2.84. The van der Waals surface area contributed by atoms with Crippen molar-refractivity contribution in [1.82, 2.24) is 14.9 Å². The quantitative estimate of drug-likeness (QED) is 0.658. The molecule has 6 nitrogen and oxygen atoms in total. The molecule has 0 aliphatic rings. The van der Waals surface area contributed by atoms with Gasteiger partial charge in [0.25, 0.3) is 0 Å². The van der Waals surface area contributed by atoms with Crippen LogP contribution in [0.1, 0.15) is 12.5 Å². The van der Waals surface area contributed by atoms with Gasteiger partial charge in [-0.2, -0.15) is 23.7 Å². The van der Waals surface area contributed by atoms with Gasteiger partial charge in [-0.3, -0.25) is 5.10 Å². The molecular formula is C12H12F2N4O2S. The zero-order valence-electron chi connectivity index (χ0n) is 11.0. The van der Waals surface area contributed by atoms with E-state index in [1.165, 1.54) is 23.3 Å². The van der Waals surface area contributed by atoms with E-state index in [0.717, 1.165) is 0 Å². The summed E-state index contributed by atoms with van der Waals surface area (Å²) in [7, 11) is 0. The lowest BCUT2D eigenvalue weighted by Crippen LogP contribution is -2.05. The molecule has 0 saturated heterocycles. The molecule has 0 saturated carbocycles. The first-order valence-electron chi connectivity index (χ1n) is 5.98. The number of aromatic nitrogens is 3. The molecule has 0 atom stereocenters. The fraction of sp³-hybridized carbons (Fsp3) is 0.250. The number of nitrogens with one attached hydrogen (secondary N) is 1. The first kappa shape index (κ1) is 15.1. The summed E-state index contributed by atoms with van der Waals surface area (Å²) in [6, 6.07) is 4.52. The minimum atomic E-state index is -2.91. The summed E-state index contributed by atoms with van der Waals surface area (Å²) >= 11 is 4.94. The van der Waals surface area contributed by atoms with Gasteiger partial charge in [-0.05, 0) is 42.9 Å². The number of halogens is 2. The van der Waals surface area contributed by atoms with Crippen LogP contribution in [0.3, 0.4) is 0 Å². The number of benzene rings is 1. The van der Waals surface area contributed by atoms with E-state index in [9.17, 15) is 8.78 Å². The maximum Gasteiger partial charge on any atom is 0.387 e.